The maximum absolute atomic E-state index is 11.0. The Morgan fingerprint density at radius 3 is 1.79 bits per heavy atom. The molecule has 0 spiro atoms. The number of rotatable bonds is 5. The van der Waals surface area contributed by atoms with E-state index in [9.17, 15) is 5.11 Å². The lowest BCUT2D eigenvalue weighted by molar-refractivity contribution is 0.0871. The van der Waals surface area contributed by atoms with Gasteiger partial charge >= 0.3 is 0 Å². The summed E-state index contributed by atoms with van der Waals surface area (Å²) in [6, 6.07) is 34.3. The van der Waals surface area contributed by atoms with Gasteiger partial charge in [-0.15, -0.1) is 0 Å². The summed E-state index contributed by atoms with van der Waals surface area (Å²) < 4.78 is 1.88. The van der Waals surface area contributed by atoms with Crippen molar-refractivity contribution in [2.24, 2.45) is 7.05 Å². The third-order valence-electron chi connectivity index (χ3n) is 6.89. The molecule has 1 fully saturated rings. The quantitative estimate of drug-likeness (QED) is 0.427. The number of aliphatic hydroxyl groups excluding tert-OH is 1. The molecule has 1 unspecified atom stereocenters. The average Bonchev–Trinajstić information content (AvgIpc) is 3.20. The fourth-order valence-electron chi connectivity index (χ4n) is 5.34. The molecule has 34 heavy (non-hydrogen) atoms. The summed E-state index contributed by atoms with van der Waals surface area (Å²) in [6.45, 7) is 3.43. The monoisotopic (exact) mass is 449 g/mol. The zero-order chi connectivity index (χ0) is 23.5. The van der Waals surface area contributed by atoms with Crippen molar-refractivity contribution in [3.63, 3.8) is 0 Å². The number of likely N-dealkylation sites (tertiary alicyclic amines) is 1. The summed E-state index contributed by atoms with van der Waals surface area (Å²) in [6.07, 6.45) is 2.32. The van der Waals surface area contributed by atoms with Crippen LogP contribution in [-0.2, 0) is 12.6 Å². The van der Waals surface area contributed by atoms with Crippen molar-refractivity contribution in [1.29, 1.82) is 0 Å². The fraction of sp³-hybridized carbons (Fsp3) is 0.233. The summed E-state index contributed by atoms with van der Waals surface area (Å²) in [7, 11) is 1.95. The van der Waals surface area contributed by atoms with Crippen LogP contribution in [0.15, 0.2) is 103 Å². The van der Waals surface area contributed by atoms with Crippen LogP contribution >= 0.6 is 0 Å². The van der Waals surface area contributed by atoms with Gasteiger partial charge in [0.1, 0.15) is 0 Å². The Bertz CT molecular complexity index is 1170. The largest absolute Gasteiger partial charge is 0.389 e. The van der Waals surface area contributed by atoms with Gasteiger partial charge in [0, 0.05) is 20.1 Å². The van der Waals surface area contributed by atoms with E-state index in [-0.39, 0.29) is 0 Å². The third kappa shape index (κ3) is 4.00. The van der Waals surface area contributed by atoms with Crippen LogP contribution in [0.2, 0.25) is 0 Å². The molecule has 5 rings (SSSR count). The molecule has 0 amide bonds. The second-order valence-electron chi connectivity index (χ2n) is 9.09. The number of nitrogens with zero attached hydrogens (tertiary/aromatic N) is 3. The third-order valence-corrected chi connectivity index (χ3v) is 6.89. The molecule has 0 radical (unpaired) electrons. The van der Waals surface area contributed by atoms with Gasteiger partial charge in [-0.1, -0.05) is 91.0 Å². The van der Waals surface area contributed by atoms with Crippen molar-refractivity contribution in [1.82, 2.24) is 14.7 Å². The van der Waals surface area contributed by atoms with Gasteiger partial charge in [0.15, 0.2) is 0 Å². The first-order chi connectivity index (χ1) is 16.6. The van der Waals surface area contributed by atoms with Crippen molar-refractivity contribution in [3.8, 4) is 0 Å². The molecule has 4 aromatic rings. The van der Waals surface area contributed by atoms with Gasteiger partial charge in [-0.25, -0.2) is 0 Å². The highest BCUT2D eigenvalue weighted by Gasteiger charge is 2.44. The Balaban J connectivity index is 1.70. The summed E-state index contributed by atoms with van der Waals surface area (Å²) >= 11 is 0. The molecule has 0 saturated carbocycles. The van der Waals surface area contributed by atoms with E-state index in [1.165, 1.54) is 16.7 Å². The predicted molar refractivity (Wildman–Crippen MR) is 137 cm³/mol. The molecular formula is C30H31N3O. The minimum atomic E-state index is -0.481. The van der Waals surface area contributed by atoms with Crippen LogP contribution in [0.5, 0.6) is 0 Å². The molecule has 4 nitrogen and oxygen atoms in total. The van der Waals surface area contributed by atoms with E-state index in [1.807, 2.05) is 18.7 Å². The highest BCUT2D eigenvalue weighted by atomic mass is 16.3. The second-order valence-corrected chi connectivity index (χ2v) is 9.09. The molecule has 1 atom stereocenters. The second kappa shape index (κ2) is 9.41. The van der Waals surface area contributed by atoms with E-state index in [0.29, 0.717) is 13.0 Å². The lowest BCUT2D eigenvalue weighted by Gasteiger charge is -2.48. The Labute approximate surface area is 201 Å². The van der Waals surface area contributed by atoms with E-state index in [0.717, 1.165) is 23.5 Å². The van der Waals surface area contributed by atoms with Crippen molar-refractivity contribution >= 4 is 6.08 Å². The lowest BCUT2D eigenvalue weighted by atomic mass is 9.74. The maximum atomic E-state index is 11.0. The Morgan fingerprint density at radius 2 is 1.35 bits per heavy atom. The van der Waals surface area contributed by atoms with Gasteiger partial charge in [-0.3, -0.25) is 9.58 Å². The summed E-state index contributed by atoms with van der Waals surface area (Å²) in [5, 5.41) is 15.5. The number of aryl methyl sites for hydroxylation is 2. The van der Waals surface area contributed by atoms with Crippen LogP contribution in [0.25, 0.3) is 6.08 Å². The molecule has 0 aliphatic carbocycles. The average molecular weight is 450 g/mol. The first kappa shape index (κ1) is 22.3. The topological polar surface area (TPSA) is 41.3 Å². The van der Waals surface area contributed by atoms with E-state index in [2.05, 4.69) is 113 Å². The van der Waals surface area contributed by atoms with Crippen molar-refractivity contribution in [2.75, 3.05) is 13.1 Å². The van der Waals surface area contributed by atoms with Gasteiger partial charge in [-0.05, 0) is 47.8 Å². The molecular weight excluding hydrogens is 418 g/mol. The minimum absolute atomic E-state index is 0.466. The number of benzene rings is 3. The highest BCUT2D eigenvalue weighted by molar-refractivity contribution is 5.54. The first-order valence-corrected chi connectivity index (χ1v) is 11.9. The standard InChI is InChI=1S/C30H31N3O/c1-23-20-28(32(2)31-23)21-24-22-33(19-18-29(24)34)30(25-12-6-3-7-13-25,26-14-8-4-9-15-26)27-16-10-5-11-17-27/h3-17,20-21,29,34H,18-19,22H2,1-2H3/b24-21+. The van der Waals surface area contributed by atoms with Crippen molar-refractivity contribution in [3.05, 3.63) is 131 Å². The predicted octanol–water partition coefficient (Wildman–Crippen LogP) is 5.17. The molecule has 172 valence electrons. The summed E-state index contributed by atoms with van der Waals surface area (Å²) in [4.78, 5) is 2.52. The normalized spacial score (nSPS) is 18.3. The number of hydrogen-bond acceptors (Lipinski definition) is 3. The number of hydrogen-bond donors (Lipinski definition) is 1. The first-order valence-electron chi connectivity index (χ1n) is 11.9. The Morgan fingerprint density at radius 1 is 0.853 bits per heavy atom. The molecule has 4 heteroatoms. The molecule has 0 bridgehead atoms. The minimum Gasteiger partial charge on any atom is -0.389 e. The Hall–Kier alpha value is -3.47. The molecule has 1 N–H and O–H groups in total. The van der Waals surface area contributed by atoms with E-state index < -0.39 is 11.6 Å². The molecule has 1 aliphatic heterocycles. The maximum Gasteiger partial charge on any atom is 0.0975 e. The zero-order valence-corrected chi connectivity index (χ0v) is 19.8. The van der Waals surface area contributed by atoms with Crippen LogP contribution in [-0.4, -0.2) is 39.0 Å². The van der Waals surface area contributed by atoms with Gasteiger partial charge < -0.3 is 5.11 Å². The Kier molecular flexibility index (Phi) is 6.18. The van der Waals surface area contributed by atoms with Crippen LogP contribution in [0, 0.1) is 6.92 Å². The van der Waals surface area contributed by atoms with Crippen molar-refractivity contribution in [2.45, 2.75) is 25.0 Å². The van der Waals surface area contributed by atoms with Gasteiger partial charge in [0.25, 0.3) is 0 Å². The van der Waals surface area contributed by atoms with Crippen molar-refractivity contribution < 1.29 is 5.11 Å². The number of aromatic nitrogens is 2. The number of piperidine rings is 1. The van der Waals surface area contributed by atoms with Crippen LogP contribution in [0.4, 0.5) is 0 Å². The van der Waals surface area contributed by atoms with Gasteiger partial charge in [0.2, 0.25) is 0 Å². The molecule has 1 aromatic heterocycles. The molecule has 2 heterocycles. The fourth-order valence-corrected chi connectivity index (χ4v) is 5.34. The lowest BCUT2D eigenvalue weighted by Crippen LogP contribution is -2.52. The van der Waals surface area contributed by atoms with Crippen LogP contribution in [0.3, 0.4) is 0 Å². The van der Waals surface area contributed by atoms with E-state index in [4.69, 9.17) is 0 Å². The molecule has 1 saturated heterocycles. The zero-order valence-electron chi connectivity index (χ0n) is 19.8. The SMILES string of the molecule is Cc1cc(/C=C2\CN(C(c3ccccc3)(c3ccccc3)c3ccccc3)CCC2O)n(C)n1. The summed E-state index contributed by atoms with van der Waals surface area (Å²) in [5.41, 5.74) is 6.19. The number of aliphatic hydroxyl groups is 1. The van der Waals surface area contributed by atoms with Crippen LogP contribution < -0.4 is 0 Å². The molecule has 1 aliphatic rings. The smallest absolute Gasteiger partial charge is 0.0975 e. The van der Waals surface area contributed by atoms with Crippen LogP contribution in [0.1, 0.15) is 34.5 Å². The highest BCUT2D eigenvalue weighted by Crippen LogP contribution is 2.44. The van der Waals surface area contributed by atoms with E-state index in [1.54, 1.807) is 0 Å². The summed E-state index contributed by atoms with van der Waals surface area (Å²) in [5.74, 6) is 0. The van der Waals surface area contributed by atoms with Gasteiger partial charge in [0.05, 0.1) is 23.0 Å². The molecule has 3 aromatic carbocycles. The van der Waals surface area contributed by atoms with E-state index >= 15 is 0 Å². The van der Waals surface area contributed by atoms with Gasteiger partial charge in [-0.2, -0.15) is 5.10 Å².